The Morgan fingerprint density at radius 2 is 1.82 bits per heavy atom. The lowest BCUT2D eigenvalue weighted by molar-refractivity contribution is 0.628. The highest BCUT2D eigenvalue weighted by molar-refractivity contribution is 6.33. The second-order valence-corrected chi connectivity index (χ2v) is 4.41. The summed E-state index contributed by atoms with van der Waals surface area (Å²) in [6.45, 7) is 1.91. The predicted molar refractivity (Wildman–Crippen MR) is 69.4 cm³/mol. The van der Waals surface area contributed by atoms with E-state index in [-0.39, 0.29) is 11.9 Å². The van der Waals surface area contributed by atoms with Gasteiger partial charge >= 0.3 is 0 Å². The van der Waals surface area contributed by atoms with E-state index in [9.17, 15) is 4.39 Å². The number of rotatable bonds is 2. The van der Waals surface area contributed by atoms with Crippen LogP contribution < -0.4 is 5.73 Å². The van der Waals surface area contributed by atoms with Gasteiger partial charge in [0.1, 0.15) is 5.82 Å². The van der Waals surface area contributed by atoms with E-state index >= 15 is 0 Å². The molecule has 88 valence electrons. The van der Waals surface area contributed by atoms with Gasteiger partial charge in [-0.2, -0.15) is 0 Å². The van der Waals surface area contributed by atoms with Crippen LogP contribution in [0.15, 0.2) is 42.5 Å². The second-order valence-electron chi connectivity index (χ2n) is 4.00. The fourth-order valence-electron chi connectivity index (χ4n) is 1.85. The smallest absolute Gasteiger partial charge is 0.124 e. The lowest BCUT2D eigenvalue weighted by atomic mass is 9.96. The maximum absolute atomic E-state index is 13.0. The topological polar surface area (TPSA) is 26.0 Å². The molecule has 0 aromatic heterocycles. The van der Waals surface area contributed by atoms with Crippen molar-refractivity contribution in [1.82, 2.24) is 0 Å². The molecule has 0 amide bonds. The summed E-state index contributed by atoms with van der Waals surface area (Å²) in [5, 5.41) is 0.401. The summed E-state index contributed by atoms with van der Waals surface area (Å²) < 4.78 is 13.0. The van der Waals surface area contributed by atoms with Crippen LogP contribution in [0.5, 0.6) is 0 Å². The largest absolute Gasteiger partial charge is 0.324 e. The summed E-state index contributed by atoms with van der Waals surface area (Å²) in [5.74, 6) is -0.336. The molecule has 1 atom stereocenters. The molecule has 0 radical (unpaired) electrons. The van der Waals surface area contributed by atoms with Crippen LogP contribution in [0.1, 0.15) is 18.5 Å². The van der Waals surface area contributed by atoms with Gasteiger partial charge in [0.25, 0.3) is 0 Å². The number of benzene rings is 2. The molecular weight excluding hydrogens is 237 g/mol. The lowest BCUT2D eigenvalue weighted by Crippen LogP contribution is -2.06. The minimum Gasteiger partial charge on any atom is -0.324 e. The van der Waals surface area contributed by atoms with E-state index in [1.165, 1.54) is 12.1 Å². The van der Waals surface area contributed by atoms with E-state index in [4.69, 9.17) is 17.3 Å². The van der Waals surface area contributed by atoms with Crippen LogP contribution in [0.4, 0.5) is 4.39 Å². The SMILES string of the molecule is CC(N)c1ccccc1-c1ccc(F)cc1Cl. The molecule has 0 spiro atoms. The van der Waals surface area contributed by atoms with Gasteiger partial charge in [0.2, 0.25) is 0 Å². The Morgan fingerprint density at radius 3 is 2.47 bits per heavy atom. The molecule has 2 aromatic rings. The highest BCUT2D eigenvalue weighted by Crippen LogP contribution is 2.32. The zero-order valence-corrected chi connectivity index (χ0v) is 10.2. The number of halogens is 2. The first-order chi connectivity index (χ1) is 8.09. The van der Waals surface area contributed by atoms with Crippen LogP contribution in [0.2, 0.25) is 5.02 Å². The Balaban J connectivity index is 2.60. The molecule has 3 heteroatoms. The molecule has 0 bridgehead atoms. The summed E-state index contributed by atoms with van der Waals surface area (Å²) in [6.07, 6.45) is 0. The van der Waals surface area contributed by atoms with Crippen LogP contribution in [0.3, 0.4) is 0 Å². The zero-order chi connectivity index (χ0) is 12.4. The summed E-state index contributed by atoms with van der Waals surface area (Å²) in [6, 6.07) is 12.1. The summed E-state index contributed by atoms with van der Waals surface area (Å²) >= 11 is 6.06. The second kappa shape index (κ2) is 4.86. The first kappa shape index (κ1) is 12.1. The van der Waals surface area contributed by atoms with E-state index in [1.54, 1.807) is 6.07 Å². The summed E-state index contributed by atoms with van der Waals surface area (Å²) in [4.78, 5) is 0. The van der Waals surface area contributed by atoms with Crippen molar-refractivity contribution in [3.63, 3.8) is 0 Å². The molecular formula is C14H13ClFN. The molecule has 1 nitrogen and oxygen atoms in total. The van der Waals surface area contributed by atoms with Crippen molar-refractivity contribution in [3.05, 3.63) is 58.9 Å². The van der Waals surface area contributed by atoms with Gasteiger partial charge in [0.05, 0.1) is 5.02 Å². The summed E-state index contributed by atoms with van der Waals surface area (Å²) in [5.41, 5.74) is 8.67. The van der Waals surface area contributed by atoms with Crippen LogP contribution in [-0.2, 0) is 0 Å². The van der Waals surface area contributed by atoms with E-state index in [0.717, 1.165) is 16.7 Å². The Morgan fingerprint density at radius 1 is 1.12 bits per heavy atom. The van der Waals surface area contributed by atoms with Gasteiger partial charge in [0.15, 0.2) is 0 Å². The third kappa shape index (κ3) is 2.48. The molecule has 2 aromatic carbocycles. The minimum atomic E-state index is -0.336. The van der Waals surface area contributed by atoms with Crippen molar-refractivity contribution in [2.24, 2.45) is 5.73 Å². The molecule has 2 N–H and O–H groups in total. The molecule has 0 saturated heterocycles. The molecule has 0 heterocycles. The Hall–Kier alpha value is -1.38. The Bertz CT molecular complexity index is 537. The van der Waals surface area contributed by atoms with Crippen molar-refractivity contribution in [2.45, 2.75) is 13.0 Å². The van der Waals surface area contributed by atoms with E-state index in [1.807, 2.05) is 31.2 Å². The minimum absolute atomic E-state index is 0.0904. The normalized spacial score (nSPS) is 12.5. The van der Waals surface area contributed by atoms with Crippen molar-refractivity contribution in [2.75, 3.05) is 0 Å². The maximum atomic E-state index is 13.0. The molecule has 0 aliphatic carbocycles. The Labute approximate surface area is 105 Å². The monoisotopic (exact) mass is 249 g/mol. The van der Waals surface area contributed by atoms with Crippen molar-refractivity contribution in [3.8, 4) is 11.1 Å². The highest BCUT2D eigenvalue weighted by atomic mass is 35.5. The molecule has 1 unspecified atom stereocenters. The van der Waals surface area contributed by atoms with Gasteiger partial charge in [-0.1, -0.05) is 35.9 Å². The average Bonchev–Trinajstić information content (AvgIpc) is 2.29. The lowest BCUT2D eigenvalue weighted by Gasteiger charge is -2.13. The zero-order valence-electron chi connectivity index (χ0n) is 9.45. The fraction of sp³-hybridized carbons (Fsp3) is 0.143. The first-order valence-electron chi connectivity index (χ1n) is 5.39. The Kier molecular flexibility index (Phi) is 3.46. The average molecular weight is 250 g/mol. The van der Waals surface area contributed by atoms with Gasteiger partial charge < -0.3 is 5.73 Å². The molecule has 2 rings (SSSR count). The fourth-order valence-corrected chi connectivity index (χ4v) is 2.12. The van der Waals surface area contributed by atoms with Crippen LogP contribution >= 0.6 is 11.6 Å². The van der Waals surface area contributed by atoms with Crippen LogP contribution in [-0.4, -0.2) is 0 Å². The van der Waals surface area contributed by atoms with Gasteiger partial charge in [-0.25, -0.2) is 4.39 Å². The van der Waals surface area contributed by atoms with Crippen LogP contribution in [0, 0.1) is 5.82 Å². The van der Waals surface area contributed by atoms with Crippen molar-refractivity contribution < 1.29 is 4.39 Å². The highest BCUT2D eigenvalue weighted by Gasteiger charge is 2.11. The number of hydrogen-bond acceptors (Lipinski definition) is 1. The van der Waals surface area contributed by atoms with Gasteiger partial charge in [0, 0.05) is 11.6 Å². The molecule has 0 aliphatic heterocycles. The summed E-state index contributed by atoms with van der Waals surface area (Å²) in [7, 11) is 0. The van der Waals surface area contributed by atoms with E-state index in [0.29, 0.717) is 5.02 Å². The van der Waals surface area contributed by atoms with Crippen molar-refractivity contribution >= 4 is 11.6 Å². The first-order valence-corrected chi connectivity index (χ1v) is 5.77. The molecule has 0 saturated carbocycles. The quantitative estimate of drug-likeness (QED) is 0.850. The van der Waals surface area contributed by atoms with Gasteiger partial charge in [-0.05, 0) is 36.2 Å². The molecule has 0 fully saturated rings. The third-order valence-corrected chi connectivity index (χ3v) is 2.99. The van der Waals surface area contributed by atoms with Gasteiger partial charge in [-0.3, -0.25) is 0 Å². The van der Waals surface area contributed by atoms with Gasteiger partial charge in [-0.15, -0.1) is 0 Å². The number of hydrogen-bond donors (Lipinski definition) is 1. The number of nitrogens with two attached hydrogens (primary N) is 1. The maximum Gasteiger partial charge on any atom is 0.124 e. The standard InChI is InChI=1S/C14H13ClFN/c1-9(17)11-4-2-3-5-12(11)13-7-6-10(16)8-14(13)15/h2-9H,17H2,1H3. The van der Waals surface area contributed by atoms with Crippen LogP contribution in [0.25, 0.3) is 11.1 Å². The predicted octanol–water partition coefficient (Wildman–Crippen LogP) is 4.17. The molecule has 0 aliphatic rings. The van der Waals surface area contributed by atoms with Crippen molar-refractivity contribution in [1.29, 1.82) is 0 Å². The van der Waals surface area contributed by atoms with E-state index in [2.05, 4.69) is 0 Å². The third-order valence-electron chi connectivity index (χ3n) is 2.67. The molecule has 17 heavy (non-hydrogen) atoms. The van der Waals surface area contributed by atoms with E-state index < -0.39 is 0 Å².